The van der Waals surface area contributed by atoms with E-state index in [0.29, 0.717) is 11.4 Å². The van der Waals surface area contributed by atoms with E-state index in [1.807, 2.05) is 24.3 Å². The Kier molecular flexibility index (Phi) is 4.92. The van der Waals surface area contributed by atoms with Crippen LogP contribution in [0.25, 0.3) is 16.9 Å². The number of ether oxygens (including phenoxy) is 3. The zero-order valence-electron chi connectivity index (χ0n) is 13.8. The Balaban J connectivity index is 1.77. The van der Waals surface area contributed by atoms with Gasteiger partial charge >= 0.3 is 0 Å². The summed E-state index contributed by atoms with van der Waals surface area (Å²) in [4.78, 5) is 14.9. The molecule has 8 nitrogen and oxygen atoms in total. The Morgan fingerprint density at radius 2 is 1.84 bits per heavy atom. The van der Waals surface area contributed by atoms with Crippen LogP contribution in [0.4, 0.5) is 5.69 Å². The molecule has 2 heterocycles. The van der Waals surface area contributed by atoms with Crippen LogP contribution >= 0.6 is 0 Å². The first-order chi connectivity index (χ1) is 12.1. The summed E-state index contributed by atoms with van der Waals surface area (Å²) in [6, 6.07) is 10.5. The highest BCUT2D eigenvalue weighted by molar-refractivity contribution is 5.63. The summed E-state index contributed by atoms with van der Waals surface area (Å²) in [6.07, 6.45) is 2.78. The maximum absolute atomic E-state index is 10.9. The zero-order valence-corrected chi connectivity index (χ0v) is 13.8. The predicted octanol–water partition coefficient (Wildman–Crippen LogP) is 2.91. The Morgan fingerprint density at radius 1 is 1.12 bits per heavy atom. The molecule has 0 N–H and O–H groups in total. The SMILES string of the molecule is COC(COc1ccc(-c2cn3cc([N+](=O)[O-])ccc3n2)cc1)OC. The minimum Gasteiger partial charge on any atom is -0.488 e. The molecule has 130 valence electrons. The van der Waals surface area contributed by atoms with Gasteiger partial charge in [0.2, 0.25) is 0 Å². The van der Waals surface area contributed by atoms with Crippen molar-refractivity contribution in [1.82, 2.24) is 9.38 Å². The third kappa shape index (κ3) is 3.76. The second kappa shape index (κ2) is 7.29. The first kappa shape index (κ1) is 16.9. The summed E-state index contributed by atoms with van der Waals surface area (Å²) in [7, 11) is 3.10. The van der Waals surface area contributed by atoms with E-state index in [9.17, 15) is 10.1 Å². The standard InChI is InChI=1S/C17H17N3O5/c1-23-17(24-2)11-25-14-6-3-12(4-7-14)15-10-19-9-13(20(21)22)5-8-16(19)18-15/h3-10,17H,11H2,1-2H3. The molecule has 8 heteroatoms. The number of fused-ring (bicyclic) bond motifs is 1. The second-order valence-corrected chi connectivity index (χ2v) is 5.27. The predicted molar refractivity (Wildman–Crippen MR) is 90.6 cm³/mol. The van der Waals surface area contributed by atoms with E-state index in [4.69, 9.17) is 14.2 Å². The van der Waals surface area contributed by atoms with Gasteiger partial charge in [0.15, 0.2) is 6.29 Å². The maximum Gasteiger partial charge on any atom is 0.286 e. The van der Waals surface area contributed by atoms with Gasteiger partial charge < -0.3 is 14.2 Å². The van der Waals surface area contributed by atoms with Crippen LogP contribution in [0.15, 0.2) is 48.8 Å². The first-order valence-corrected chi connectivity index (χ1v) is 7.52. The molecule has 0 aliphatic heterocycles. The van der Waals surface area contributed by atoms with Gasteiger partial charge in [-0.25, -0.2) is 4.98 Å². The number of hydrogen-bond donors (Lipinski definition) is 0. The van der Waals surface area contributed by atoms with Gasteiger partial charge in [-0.15, -0.1) is 0 Å². The van der Waals surface area contributed by atoms with Gasteiger partial charge in [-0.05, 0) is 30.3 Å². The first-order valence-electron chi connectivity index (χ1n) is 7.52. The van der Waals surface area contributed by atoms with Crippen LogP contribution in [-0.4, -0.2) is 41.4 Å². The summed E-state index contributed by atoms with van der Waals surface area (Å²) in [5, 5.41) is 10.9. The number of pyridine rings is 1. The van der Waals surface area contributed by atoms with Crippen molar-refractivity contribution in [2.45, 2.75) is 6.29 Å². The molecule has 0 saturated heterocycles. The fourth-order valence-corrected chi connectivity index (χ4v) is 2.35. The normalized spacial score (nSPS) is 11.2. The molecule has 0 bridgehead atoms. The number of methoxy groups -OCH3 is 2. The lowest BCUT2D eigenvalue weighted by atomic mass is 10.2. The lowest BCUT2D eigenvalue weighted by Crippen LogP contribution is -2.21. The maximum atomic E-state index is 10.9. The lowest BCUT2D eigenvalue weighted by Gasteiger charge is -2.14. The summed E-state index contributed by atoms with van der Waals surface area (Å²) in [6.45, 7) is 0.282. The van der Waals surface area contributed by atoms with E-state index in [-0.39, 0.29) is 12.3 Å². The molecule has 0 saturated carbocycles. The van der Waals surface area contributed by atoms with Crippen LogP contribution in [0.3, 0.4) is 0 Å². The molecule has 25 heavy (non-hydrogen) atoms. The second-order valence-electron chi connectivity index (χ2n) is 5.27. The number of nitro groups is 1. The number of nitrogens with zero attached hydrogens (tertiary/aromatic N) is 3. The van der Waals surface area contributed by atoms with Crippen molar-refractivity contribution in [1.29, 1.82) is 0 Å². The fraction of sp³-hybridized carbons (Fsp3) is 0.235. The Morgan fingerprint density at radius 3 is 2.48 bits per heavy atom. The van der Waals surface area contributed by atoms with Crippen molar-refractivity contribution >= 4 is 11.3 Å². The van der Waals surface area contributed by atoms with Gasteiger partial charge in [-0.2, -0.15) is 0 Å². The zero-order chi connectivity index (χ0) is 17.8. The van der Waals surface area contributed by atoms with E-state index in [1.54, 1.807) is 30.9 Å². The van der Waals surface area contributed by atoms with Crippen molar-refractivity contribution in [3.63, 3.8) is 0 Å². The van der Waals surface area contributed by atoms with Crippen LogP contribution in [0, 0.1) is 10.1 Å². The number of imidazole rings is 1. The van der Waals surface area contributed by atoms with Gasteiger partial charge in [0, 0.05) is 32.0 Å². The van der Waals surface area contributed by atoms with Gasteiger partial charge in [0.05, 0.1) is 16.8 Å². The summed E-state index contributed by atoms with van der Waals surface area (Å²) in [5.41, 5.74) is 2.27. The highest BCUT2D eigenvalue weighted by atomic mass is 16.7. The van der Waals surface area contributed by atoms with Gasteiger partial charge in [0.1, 0.15) is 18.0 Å². The Bertz CT molecular complexity index is 872. The van der Waals surface area contributed by atoms with Crippen molar-refractivity contribution in [2.75, 3.05) is 20.8 Å². The molecular weight excluding hydrogens is 326 g/mol. The van der Waals surface area contributed by atoms with Crippen LogP contribution < -0.4 is 4.74 Å². The molecule has 0 spiro atoms. The van der Waals surface area contributed by atoms with Crippen LogP contribution in [0.5, 0.6) is 5.75 Å². The van der Waals surface area contributed by atoms with E-state index in [2.05, 4.69) is 4.98 Å². The average molecular weight is 343 g/mol. The van der Waals surface area contributed by atoms with Crippen molar-refractivity contribution in [3.05, 3.63) is 58.9 Å². The van der Waals surface area contributed by atoms with E-state index in [1.165, 1.54) is 12.3 Å². The third-order valence-electron chi connectivity index (χ3n) is 3.71. The summed E-state index contributed by atoms with van der Waals surface area (Å²) in [5.74, 6) is 0.683. The fourth-order valence-electron chi connectivity index (χ4n) is 2.35. The molecule has 1 aromatic carbocycles. The summed E-state index contributed by atoms with van der Waals surface area (Å²) < 4.78 is 17.4. The van der Waals surface area contributed by atoms with Gasteiger partial charge in [0.25, 0.3) is 5.69 Å². The number of aromatic nitrogens is 2. The highest BCUT2D eigenvalue weighted by Gasteiger charge is 2.10. The van der Waals surface area contributed by atoms with E-state index >= 15 is 0 Å². The lowest BCUT2D eigenvalue weighted by molar-refractivity contribution is -0.385. The largest absolute Gasteiger partial charge is 0.488 e. The molecule has 0 atom stereocenters. The Hall–Kier alpha value is -2.97. The topological polar surface area (TPSA) is 88.1 Å². The van der Waals surface area contributed by atoms with Crippen molar-refractivity contribution in [2.24, 2.45) is 0 Å². The molecule has 0 amide bonds. The molecule has 3 aromatic rings. The van der Waals surface area contributed by atoms with E-state index < -0.39 is 11.2 Å². The van der Waals surface area contributed by atoms with Crippen LogP contribution in [-0.2, 0) is 9.47 Å². The molecule has 0 aliphatic carbocycles. The van der Waals surface area contributed by atoms with Crippen molar-refractivity contribution < 1.29 is 19.1 Å². The van der Waals surface area contributed by atoms with Crippen LogP contribution in [0.2, 0.25) is 0 Å². The molecule has 0 fully saturated rings. The quantitative estimate of drug-likeness (QED) is 0.372. The smallest absolute Gasteiger partial charge is 0.286 e. The van der Waals surface area contributed by atoms with Gasteiger partial charge in [-0.1, -0.05) is 0 Å². The number of benzene rings is 1. The summed E-state index contributed by atoms with van der Waals surface area (Å²) >= 11 is 0. The van der Waals surface area contributed by atoms with E-state index in [0.717, 1.165) is 11.3 Å². The third-order valence-corrected chi connectivity index (χ3v) is 3.71. The molecule has 0 radical (unpaired) electrons. The average Bonchev–Trinajstić information content (AvgIpc) is 3.06. The number of hydrogen-bond acceptors (Lipinski definition) is 6. The van der Waals surface area contributed by atoms with Gasteiger partial charge in [-0.3, -0.25) is 14.5 Å². The molecule has 0 unspecified atom stereocenters. The monoisotopic (exact) mass is 343 g/mol. The molecule has 3 rings (SSSR count). The minimum absolute atomic E-state index is 0.0195. The molecule has 2 aromatic heterocycles. The highest BCUT2D eigenvalue weighted by Crippen LogP contribution is 2.23. The minimum atomic E-state index is -0.432. The molecule has 0 aliphatic rings. The van der Waals surface area contributed by atoms with Crippen molar-refractivity contribution in [3.8, 4) is 17.0 Å². The number of rotatable bonds is 7. The van der Waals surface area contributed by atoms with Crippen LogP contribution in [0.1, 0.15) is 0 Å². The molecular formula is C17H17N3O5. The Labute approximate surface area is 143 Å².